The molecule has 6 nitrogen and oxygen atoms in total. The maximum atomic E-state index is 12.8. The Morgan fingerprint density at radius 1 is 1.33 bits per heavy atom. The molecule has 0 unspecified atom stereocenters. The van der Waals surface area contributed by atoms with Crippen LogP contribution in [0.15, 0.2) is 35.7 Å². The Balaban J connectivity index is 1.73. The van der Waals surface area contributed by atoms with Gasteiger partial charge in [-0.25, -0.2) is 13.4 Å². The predicted molar refractivity (Wildman–Crippen MR) is 108 cm³/mol. The Morgan fingerprint density at radius 2 is 2.07 bits per heavy atom. The highest BCUT2D eigenvalue weighted by atomic mass is 32.2. The van der Waals surface area contributed by atoms with Crippen LogP contribution in [-0.2, 0) is 14.6 Å². The van der Waals surface area contributed by atoms with Gasteiger partial charge in [-0.1, -0.05) is 17.8 Å². The highest BCUT2D eigenvalue weighted by Gasteiger charge is 2.34. The van der Waals surface area contributed by atoms with E-state index in [1.54, 1.807) is 18.1 Å². The first kappa shape index (κ1) is 19.9. The molecule has 2 atom stereocenters. The van der Waals surface area contributed by atoms with Crippen molar-refractivity contribution in [1.82, 2.24) is 14.5 Å². The first-order chi connectivity index (χ1) is 12.7. The van der Waals surface area contributed by atoms with E-state index < -0.39 is 9.84 Å². The van der Waals surface area contributed by atoms with E-state index in [4.69, 9.17) is 0 Å². The number of rotatable bonds is 5. The molecule has 1 fully saturated rings. The zero-order chi connectivity index (χ0) is 19.8. The maximum absolute atomic E-state index is 12.8. The first-order valence-electron chi connectivity index (χ1n) is 8.92. The van der Waals surface area contributed by atoms with Gasteiger partial charge >= 0.3 is 0 Å². The molecule has 2 heterocycles. The molecule has 1 amide bonds. The Kier molecular flexibility index (Phi) is 5.67. The van der Waals surface area contributed by atoms with E-state index in [1.807, 2.05) is 23.8 Å². The van der Waals surface area contributed by atoms with Gasteiger partial charge in [-0.05, 0) is 50.5 Å². The van der Waals surface area contributed by atoms with Crippen molar-refractivity contribution in [3.63, 3.8) is 0 Å². The average molecular weight is 408 g/mol. The topological polar surface area (TPSA) is 72.3 Å². The summed E-state index contributed by atoms with van der Waals surface area (Å²) >= 11 is 1.39. The molecule has 3 rings (SSSR count). The van der Waals surface area contributed by atoms with Crippen molar-refractivity contribution in [1.29, 1.82) is 0 Å². The van der Waals surface area contributed by atoms with Crippen molar-refractivity contribution in [2.45, 2.75) is 43.6 Å². The molecule has 0 saturated carbocycles. The Morgan fingerprint density at radius 3 is 2.70 bits per heavy atom. The second-order valence-corrected chi connectivity index (χ2v) is 10.7. The van der Waals surface area contributed by atoms with E-state index in [0.29, 0.717) is 6.42 Å². The Bertz CT molecular complexity index is 953. The van der Waals surface area contributed by atoms with Gasteiger partial charge in [0.2, 0.25) is 5.91 Å². The number of thioether (sulfide) groups is 1. The molecular weight excluding hydrogens is 382 g/mol. The van der Waals surface area contributed by atoms with Crippen molar-refractivity contribution in [2.24, 2.45) is 0 Å². The van der Waals surface area contributed by atoms with Gasteiger partial charge in [0.15, 0.2) is 15.0 Å². The van der Waals surface area contributed by atoms with Crippen molar-refractivity contribution >= 4 is 27.5 Å². The van der Waals surface area contributed by atoms with Gasteiger partial charge in [0.1, 0.15) is 0 Å². The summed E-state index contributed by atoms with van der Waals surface area (Å²) in [6, 6.07) is 5.98. The molecule has 0 bridgehead atoms. The molecule has 1 aromatic heterocycles. The summed E-state index contributed by atoms with van der Waals surface area (Å²) < 4.78 is 25.4. The molecule has 0 spiro atoms. The first-order valence-corrected chi connectivity index (χ1v) is 11.6. The van der Waals surface area contributed by atoms with Crippen molar-refractivity contribution in [2.75, 3.05) is 18.6 Å². The number of aryl methyl sites for hydroxylation is 2. The van der Waals surface area contributed by atoms with Crippen LogP contribution in [0.1, 0.15) is 24.5 Å². The molecule has 1 saturated heterocycles. The number of hydrogen-bond donors (Lipinski definition) is 0. The summed E-state index contributed by atoms with van der Waals surface area (Å²) in [5.41, 5.74) is 3.43. The van der Waals surface area contributed by atoms with E-state index >= 15 is 0 Å². The number of sulfone groups is 1. The standard InChI is InChI=1S/C19H25N3O3S2/c1-13-5-6-16(11-14(13)2)22-9-8-20-19(22)26-15(3)18(23)21(4)17-7-10-27(24,25)12-17/h5-6,8-9,11,15,17H,7,10,12H2,1-4H3/t15-,17+/m0/s1. The number of aromatic nitrogens is 2. The lowest BCUT2D eigenvalue weighted by molar-refractivity contribution is -0.130. The summed E-state index contributed by atoms with van der Waals surface area (Å²) in [6.45, 7) is 5.98. The summed E-state index contributed by atoms with van der Waals surface area (Å²) in [5, 5.41) is 0.387. The van der Waals surface area contributed by atoms with Crippen LogP contribution in [0.4, 0.5) is 0 Å². The fourth-order valence-corrected chi connectivity index (χ4v) is 5.96. The second kappa shape index (κ2) is 7.67. The van der Waals surface area contributed by atoms with Crippen LogP contribution in [0, 0.1) is 13.8 Å². The molecular formula is C19H25N3O3S2. The van der Waals surface area contributed by atoms with E-state index in [1.165, 1.54) is 22.9 Å². The summed E-state index contributed by atoms with van der Waals surface area (Å²) in [7, 11) is -1.32. The third kappa shape index (κ3) is 4.38. The molecule has 1 aromatic carbocycles. The number of hydrogen-bond acceptors (Lipinski definition) is 5. The number of carbonyl (C=O) groups is 1. The zero-order valence-electron chi connectivity index (χ0n) is 16.0. The van der Waals surface area contributed by atoms with Gasteiger partial charge < -0.3 is 4.90 Å². The van der Waals surface area contributed by atoms with Crippen LogP contribution >= 0.6 is 11.8 Å². The monoisotopic (exact) mass is 407 g/mol. The van der Waals surface area contributed by atoms with Crippen LogP contribution in [0.5, 0.6) is 0 Å². The molecule has 0 radical (unpaired) electrons. The summed E-state index contributed by atoms with van der Waals surface area (Å²) in [4.78, 5) is 18.8. The number of benzene rings is 1. The van der Waals surface area contributed by atoms with Crippen molar-refractivity contribution in [3.05, 3.63) is 41.7 Å². The minimum atomic E-state index is -3.02. The third-order valence-electron chi connectivity index (χ3n) is 5.11. The van der Waals surface area contributed by atoms with Gasteiger partial charge in [-0.15, -0.1) is 0 Å². The second-order valence-electron chi connectivity index (χ2n) is 7.11. The van der Waals surface area contributed by atoms with Gasteiger partial charge in [0, 0.05) is 31.2 Å². The van der Waals surface area contributed by atoms with E-state index in [0.717, 1.165) is 10.8 Å². The average Bonchev–Trinajstić information content (AvgIpc) is 3.22. The predicted octanol–water partition coefficient (Wildman–Crippen LogP) is 2.62. The van der Waals surface area contributed by atoms with Crippen LogP contribution in [0.25, 0.3) is 5.69 Å². The van der Waals surface area contributed by atoms with Crippen LogP contribution in [-0.4, -0.2) is 58.6 Å². The fourth-order valence-electron chi connectivity index (χ4n) is 3.20. The van der Waals surface area contributed by atoms with Crippen molar-refractivity contribution in [3.8, 4) is 5.69 Å². The molecule has 1 aliphatic rings. The van der Waals surface area contributed by atoms with E-state index in [2.05, 4.69) is 31.0 Å². The Labute approximate surface area is 164 Å². The largest absolute Gasteiger partial charge is 0.341 e. The minimum absolute atomic E-state index is 0.0594. The van der Waals surface area contributed by atoms with Crippen LogP contribution in [0.2, 0.25) is 0 Å². The molecule has 146 valence electrons. The highest BCUT2D eigenvalue weighted by molar-refractivity contribution is 8.00. The number of carbonyl (C=O) groups excluding carboxylic acids is 1. The zero-order valence-corrected chi connectivity index (χ0v) is 17.7. The quantitative estimate of drug-likeness (QED) is 0.713. The van der Waals surface area contributed by atoms with Gasteiger partial charge in [0.05, 0.1) is 16.8 Å². The minimum Gasteiger partial charge on any atom is -0.341 e. The lowest BCUT2D eigenvalue weighted by Crippen LogP contribution is -2.41. The highest BCUT2D eigenvalue weighted by Crippen LogP contribution is 2.27. The molecule has 1 aliphatic heterocycles. The summed E-state index contributed by atoms with van der Waals surface area (Å²) in [5.74, 6) is 0.148. The lowest BCUT2D eigenvalue weighted by atomic mass is 10.1. The van der Waals surface area contributed by atoms with Gasteiger partial charge in [-0.2, -0.15) is 0 Å². The molecule has 8 heteroatoms. The molecule has 0 aliphatic carbocycles. The van der Waals surface area contributed by atoms with Crippen LogP contribution in [0.3, 0.4) is 0 Å². The maximum Gasteiger partial charge on any atom is 0.235 e. The van der Waals surface area contributed by atoms with Gasteiger partial charge in [0.25, 0.3) is 0 Å². The molecule has 2 aromatic rings. The Hall–Kier alpha value is -1.80. The summed E-state index contributed by atoms with van der Waals surface area (Å²) in [6.07, 6.45) is 4.12. The van der Waals surface area contributed by atoms with E-state index in [-0.39, 0.29) is 28.7 Å². The van der Waals surface area contributed by atoms with Crippen LogP contribution < -0.4 is 0 Å². The molecule has 0 N–H and O–H groups in total. The molecule has 27 heavy (non-hydrogen) atoms. The fraction of sp³-hybridized carbons (Fsp3) is 0.474. The van der Waals surface area contributed by atoms with E-state index in [9.17, 15) is 13.2 Å². The third-order valence-corrected chi connectivity index (χ3v) is 7.93. The normalized spacial score (nSPS) is 19.8. The number of nitrogens with zero attached hydrogens (tertiary/aromatic N) is 3. The SMILES string of the molecule is Cc1ccc(-n2ccnc2S[C@@H](C)C(=O)N(C)[C@@H]2CCS(=O)(=O)C2)cc1C. The lowest BCUT2D eigenvalue weighted by Gasteiger charge is -2.26. The van der Waals surface area contributed by atoms with Crippen molar-refractivity contribution < 1.29 is 13.2 Å². The smallest absolute Gasteiger partial charge is 0.235 e. The number of amides is 1. The van der Waals surface area contributed by atoms with Gasteiger partial charge in [-0.3, -0.25) is 9.36 Å². The number of imidazole rings is 1.